The van der Waals surface area contributed by atoms with Gasteiger partial charge in [-0.1, -0.05) is 0 Å². The van der Waals surface area contributed by atoms with Gasteiger partial charge in [0.2, 0.25) is 0 Å². The largest absolute Gasteiger partial charge is 0.355 e. The van der Waals surface area contributed by atoms with Gasteiger partial charge in [-0.3, -0.25) is 0 Å². The van der Waals surface area contributed by atoms with Crippen LogP contribution in [0.5, 0.6) is 0 Å². The minimum Gasteiger partial charge on any atom is -0.355 e. The molecule has 0 radical (unpaired) electrons. The second-order valence-electron chi connectivity index (χ2n) is 6.53. The summed E-state index contributed by atoms with van der Waals surface area (Å²) in [5.74, 6) is 0.942. The Morgan fingerprint density at radius 3 is 3.10 bits per heavy atom. The fraction of sp³-hybridized carbons (Fsp3) is 0.625. The first-order chi connectivity index (χ1) is 9.80. The number of nitrogens with zero attached hydrogens (tertiary/aromatic N) is 3. The lowest BCUT2D eigenvalue weighted by molar-refractivity contribution is 0.369. The number of nitrogens with one attached hydrogen (secondary N) is 1. The lowest BCUT2D eigenvalue weighted by atomic mass is 9.86. The molecule has 1 unspecified atom stereocenters. The number of hydrogen-bond acceptors (Lipinski definition) is 4. The third-order valence-electron chi connectivity index (χ3n) is 5.22. The maximum atomic E-state index is 9.44. The lowest BCUT2D eigenvalue weighted by Gasteiger charge is -2.24. The monoisotopic (exact) mass is 268 g/mol. The minimum absolute atomic E-state index is 0.424. The highest BCUT2D eigenvalue weighted by Crippen LogP contribution is 2.39. The Hall–Kier alpha value is -1.60. The van der Waals surface area contributed by atoms with Crippen molar-refractivity contribution in [2.75, 3.05) is 31.1 Å². The van der Waals surface area contributed by atoms with Gasteiger partial charge in [0.1, 0.15) is 11.9 Å². The van der Waals surface area contributed by atoms with Crippen LogP contribution in [0.25, 0.3) is 0 Å². The molecule has 3 aliphatic rings. The molecule has 4 rings (SSSR count). The number of fused-ring (bicyclic) bond motifs is 1. The molecular formula is C16H20N4. The molecule has 1 spiro atoms. The molecule has 1 atom stereocenters. The summed E-state index contributed by atoms with van der Waals surface area (Å²) in [5.41, 5.74) is 3.72. The van der Waals surface area contributed by atoms with Crippen molar-refractivity contribution >= 4 is 5.82 Å². The topological polar surface area (TPSA) is 52.0 Å². The van der Waals surface area contributed by atoms with Crippen molar-refractivity contribution in [3.8, 4) is 6.07 Å². The Bertz CT molecular complexity index is 581. The van der Waals surface area contributed by atoms with Crippen LogP contribution in [0.3, 0.4) is 0 Å². The third-order valence-corrected chi connectivity index (χ3v) is 5.22. The summed E-state index contributed by atoms with van der Waals surface area (Å²) < 4.78 is 0. The quantitative estimate of drug-likeness (QED) is 0.841. The average Bonchev–Trinajstić information content (AvgIpc) is 3.19. The van der Waals surface area contributed by atoms with Gasteiger partial charge in [0.15, 0.2) is 0 Å². The molecule has 1 N–H and O–H groups in total. The first-order valence-electron chi connectivity index (χ1n) is 7.68. The number of aromatic nitrogens is 1. The third kappa shape index (κ3) is 1.81. The van der Waals surface area contributed by atoms with E-state index in [1.165, 1.54) is 30.5 Å². The van der Waals surface area contributed by atoms with Crippen LogP contribution in [-0.4, -0.2) is 31.2 Å². The first kappa shape index (κ1) is 12.2. The zero-order valence-corrected chi connectivity index (χ0v) is 11.8. The van der Waals surface area contributed by atoms with E-state index in [-0.39, 0.29) is 0 Å². The van der Waals surface area contributed by atoms with E-state index in [1.807, 2.05) is 0 Å². The number of hydrogen-bond donors (Lipinski definition) is 1. The van der Waals surface area contributed by atoms with Gasteiger partial charge < -0.3 is 10.2 Å². The standard InChI is InChI=1S/C16H20N4/c17-9-13-8-12-2-1-3-14(12)19-15(13)20-7-5-16(11-20)4-6-18-10-16/h8,18H,1-7,10-11H2. The molecular weight excluding hydrogens is 248 g/mol. The first-order valence-corrected chi connectivity index (χ1v) is 7.68. The number of anilines is 1. The minimum atomic E-state index is 0.424. The highest BCUT2D eigenvalue weighted by Gasteiger charge is 2.41. The highest BCUT2D eigenvalue weighted by molar-refractivity contribution is 5.57. The normalized spacial score (nSPS) is 28.1. The van der Waals surface area contributed by atoms with Gasteiger partial charge in [0, 0.05) is 30.7 Å². The Morgan fingerprint density at radius 1 is 1.35 bits per heavy atom. The zero-order chi connectivity index (χ0) is 13.6. The van der Waals surface area contributed by atoms with E-state index in [1.54, 1.807) is 0 Å². The molecule has 2 saturated heterocycles. The molecule has 0 bridgehead atoms. The fourth-order valence-corrected chi connectivity index (χ4v) is 4.04. The van der Waals surface area contributed by atoms with Crippen LogP contribution in [0.15, 0.2) is 6.07 Å². The van der Waals surface area contributed by atoms with Gasteiger partial charge >= 0.3 is 0 Å². The van der Waals surface area contributed by atoms with Gasteiger partial charge in [0.25, 0.3) is 0 Å². The molecule has 0 saturated carbocycles. The number of pyridine rings is 1. The van der Waals surface area contributed by atoms with Crippen LogP contribution in [0.4, 0.5) is 5.82 Å². The molecule has 20 heavy (non-hydrogen) atoms. The fourth-order valence-electron chi connectivity index (χ4n) is 4.04. The maximum absolute atomic E-state index is 9.44. The number of rotatable bonds is 1. The molecule has 2 aliphatic heterocycles. The summed E-state index contributed by atoms with van der Waals surface area (Å²) in [5, 5.41) is 12.9. The van der Waals surface area contributed by atoms with Gasteiger partial charge in [-0.05, 0) is 50.3 Å². The molecule has 0 amide bonds. The second kappa shape index (κ2) is 4.46. The summed E-state index contributed by atoms with van der Waals surface area (Å²) >= 11 is 0. The van der Waals surface area contributed by atoms with Gasteiger partial charge in [0.05, 0.1) is 5.56 Å². The molecule has 4 nitrogen and oxygen atoms in total. The molecule has 0 aromatic carbocycles. The Morgan fingerprint density at radius 2 is 2.30 bits per heavy atom. The Labute approximate surface area is 119 Å². The van der Waals surface area contributed by atoms with Crippen molar-refractivity contribution in [3.05, 3.63) is 22.9 Å². The zero-order valence-electron chi connectivity index (χ0n) is 11.8. The second-order valence-corrected chi connectivity index (χ2v) is 6.53. The van der Waals surface area contributed by atoms with Gasteiger partial charge in [-0.15, -0.1) is 0 Å². The predicted molar refractivity (Wildman–Crippen MR) is 77.7 cm³/mol. The van der Waals surface area contributed by atoms with Crippen molar-refractivity contribution in [3.63, 3.8) is 0 Å². The molecule has 2 fully saturated rings. The SMILES string of the molecule is N#Cc1cc2c(nc1N1CCC3(CCNC3)C1)CCC2. The average molecular weight is 268 g/mol. The number of aryl methyl sites for hydroxylation is 2. The van der Waals surface area contributed by atoms with E-state index in [4.69, 9.17) is 4.98 Å². The smallest absolute Gasteiger partial charge is 0.146 e. The molecule has 104 valence electrons. The Kier molecular flexibility index (Phi) is 2.71. The maximum Gasteiger partial charge on any atom is 0.146 e. The van der Waals surface area contributed by atoms with Crippen LogP contribution in [0.2, 0.25) is 0 Å². The van der Waals surface area contributed by atoms with E-state index >= 15 is 0 Å². The van der Waals surface area contributed by atoms with E-state index in [9.17, 15) is 5.26 Å². The summed E-state index contributed by atoms with van der Waals surface area (Å²) in [6.45, 7) is 4.36. The van der Waals surface area contributed by atoms with Crippen molar-refractivity contribution in [2.45, 2.75) is 32.1 Å². The van der Waals surface area contributed by atoms with Crippen LogP contribution < -0.4 is 10.2 Å². The molecule has 1 aromatic heterocycles. The highest BCUT2D eigenvalue weighted by atomic mass is 15.2. The van der Waals surface area contributed by atoms with Crippen molar-refractivity contribution in [1.82, 2.24) is 10.3 Å². The van der Waals surface area contributed by atoms with Gasteiger partial charge in [-0.25, -0.2) is 4.98 Å². The summed E-state index contributed by atoms with van der Waals surface area (Å²) in [4.78, 5) is 7.19. The Balaban J connectivity index is 1.67. The van der Waals surface area contributed by atoms with E-state index in [0.717, 1.165) is 50.4 Å². The van der Waals surface area contributed by atoms with Crippen LogP contribution in [0.1, 0.15) is 36.1 Å². The molecule has 1 aliphatic carbocycles. The van der Waals surface area contributed by atoms with E-state index in [2.05, 4.69) is 22.4 Å². The summed E-state index contributed by atoms with van der Waals surface area (Å²) in [6.07, 6.45) is 5.84. The van der Waals surface area contributed by atoms with Crippen LogP contribution in [-0.2, 0) is 12.8 Å². The molecule has 1 aromatic rings. The van der Waals surface area contributed by atoms with Crippen LogP contribution >= 0.6 is 0 Å². The lowest BCUT2D eigenvalue weighted by Crippen LogP contribution is -2.30. The predicted octanol–water partition coefficient (Wildman–Crippen LogP) is 1.63. The summed E-state index contributed by atoms with van der Waals surface area (Å²) in [6, 6.07) is 4.45. The van der Waals surface area contributed by atoms with Crippen molar-refractivity contribution < 1.29 is 0 Å². The number of nitriles is 1. The molecule has 4 heteroatoms. The molecule has 3 heterocycles. The van der Waals surface area contributed by atoms with E-state index in [0.29, 0.717) is 5.41 Å². The van der Waals surface area contributed by atoms with E-state index < -0.39 is 0 Å². The van der Waals surface area contributed by atoms with Gasteiger partial charge in [-0.2, -0.15) is 5.26 Å². The van der Waals surface area contributed by atoms with Crippen molar-refractivity contribution in [1.29, 1.82) is 5.26 Å². The van der Waals surface area contributed by atoms with Crippen molar-refractivity contribution in [2.24, 2.45) is 5.41 Å². The summed E-state index contributed by atoms with van der Waals surface area (Å²) in [7, 11) is 0. The van der Waals surface area contributed by atoms with Crippen LogP contribution in [0, 0.1) is 16.7 Å².